The summed E-state index contributed by atoms with van der Waals surface area (Å²) in [6, 6.07) is -0.478. The molecule has 1 aromatic heterocycles. The molecule has 0 fully saturated rings. The summed E-state index contributed by atoms with van der Waals surface area (Å²) >= 11 is 1.22. The van der Waals surface area contributed by atoms with Gasteiger partial charge >= 0.3 is 6.03 Å². The van der Waals surface area contributed by atoms with Crippen LogP contribution in [0.2, 0.25) is 0 Å². The standard InChI is InChI=1S/C12H22N6O2S/c1-8(2)6-14-11(20)15-10(19)7-21-12-17-16-9(3)18(12)5-4-13/h8H,4-7,13H2,1-3H3,(H2,14,15,19,20). The van der Waals surface area contributed by atoms with E-state index in [9.17, 15) is 9.59 Å². The number of urea groups is 1. The quantitative estimate of drug-likeness (QED) is 0.616. The molecule has 3 amide bonds. The minimum atomic E-state index is -0.478. The minimum Gasteiger partial charge on any atom is -0.338 e. The summed E-state index contributed by atoms with van der Waals surface area (Å²) in [6.45, 7) is 7.37. The highest BCUT2D eigenvalue weighted by molar-refractivity contribution is 7.99. The predicted molar refractivity (Wildman–Crippen MR) is 80.9 cm³/mol. The predicted octanol–water partition coefficient (Wildman–Crippen LogP) is 0.119. The lowest BCUT2D eigenvalue weighted by Gasteiger charge is -2.09. The van der Waals surface area contributed by atoms with Gasteiger partial charge in [0.15, 0.2) is 5.16 Å². The van der Waals surface area contributed by atoms with E-state index >= 15 is 0 Å². The zero-order chi connectivity index (χ0) is 15.8. The molecule has 0 radical (unpaired) electrons. The number of hydrogen-bond acceptors (Lipinski definition) is 6. The Labute approximate surface area is 128 Å². The molecule has 0 aliphatic carbocycles. The third-order valence-electron chi connectivity index (χ3n) is 2.51. The molecule has 9 heteroatoms. The van der Waals surface area contributed by atoms with Crippen molar-refractivity contribution in [2.45, 2.75) is 32.5 Å². The van der Waals surface area contributed by atoms with Crippen LogP contribution in [0.5, 0.6) is 0 Å². The fraction of sp³-hybridized carbons (Fsp3) is 0.667. The molecule has 4 N–H and O–H groups in total. The number of carbonyl (C=O) groups is 2. The maximum absolute atomic E-state index is 11.7. The average molecular weight is 314 g/mol. The van der Waals surface area contributed by atoms with Crippen LogP contribution in [-0.4, -0.2) is 45.5 Å². The van der Waals surface area contributed by atoms with E-state index in [1.807, 2.05) is 25.3 Å². The van der Waals surface area contributed by atoms with Gasteiger partial charge in [-0.2, -0.15) is 0 Å². The van der Waals surface area contributed by atoms with E-state index in [-0.39, 0.29) is 11.7 Å². The maximum Gasteiger partial charge on any atom is 0.321 e. The molecule has 0 unspecified atom stereocenters. The van der Waals surface area contributed by atoms with E-state index in [2.05, 4.69) is 20.8 Å². The maximum atomic E-state index is 11.7. The van der Waals surface area contributed by atoms with Crippen LogP contribution < -0.4 is 16.4 Å². The van der Waals surface area contributed by atoms with Gasteiger partial charge in [-0.3, -0.25) is 10.1 Å². The molecule has 118 valence electrons. The molecule has 0 spiro atoms. The number of thioether (sulfide) groups is 1. The zero-order valence-corrected chi connectivity index (χ0v) is 13.4. The molecular formula is C12H22N6O2S. The van der Waals surface area contributed by atoms with Crippen LogP contribution in [0.1, 0.15) is 19.7 Å². The highest BCUT2D eigenvalue weighted by atomic mass is 32.2. The SMILES string of the molecule is Cc1nnc(SCC(=O)NC(=O)NCC(C)C)n1CCN. The van der Waals surface area contributed by atoms with Gasteiger partial charge in [0.2, 0.25) is 5.91 Å². The molecular weight excluding hydrogens is 292 g/mol. The number of rotatable bonds is 7. The molecule has 0 aromatic carbocycles. The lowest BCUT2D eigenvalue weighted by atomic mass is 10.2. The van der Waals surface area contributed by atoms with Gasteiger partial charge in [0.25, 0.3) is 0 Å². The first-order valence-corrected chi connectivity index (χ1v) is 7.73. The van der Waals surface area contributed by atoms with Crippen LogP contribution in [0.25, 0.3) is 0 Å². The minimum absolute atomic E-state index is 0.0950. The van der Waals surface area contributed by atoms with E-state index in [4.69, 9.17) is 5.73 Å². The van der Waals surface area contributed by atoms with E-state index < -0.39 is 6.03 Å². The van der Waals surface area contributed by atoms with Crippen molar-refractivity contribution in [3.8, 4) is 0 Å². The van der Waals surface area contributed by atoms with Gasteiger partial charge in [-0.1, -0.05) is 25.6 Å². The van der Waals surface area contributed by atoms with Crippen molar-refractivity contribution in [3.63, 3.8) is 0 Å². The summed E-state index contributed by atoms with van der Waals surface area (Å²) in [7, 11) is 0. The Morgan fingerprint density at radius 1 is 1.38 bits per heavy atom. The summed E-state index contributed by atoms with van der Waals surface area (Å²) < 4.78 is 1.84. The number of hydrogen-bond donors (Lipinski definition) is 3. The molecule has 1 rings (SSSR count). The number of aryl methyl sites for hydroxylation is 1. The topological polar surface area (TPSA) is 115 Å². The summed E-state index contributed by atoms with van der Waals surface area (Å²) in [6.07, 6.45) is 0. The van der Waals surface area contributed by atoms with Gasteiger partial charge in [0, 0.05) is 19.6 Å². The molecule has 0 saturated carbocycles. The molecule has 0 aliphatic heterocycles. The van der Waals surface area contributed by atoms with Crippen molar-refractivity contribution in [2.75, 3.05) is 18.8 Å². The number of imide groups is 1. The number of amides is 3. The van der Waals surface area contributed by atoms with E-state index in [1.165, 1.54) is 11.8 Å². The second-order valence-corrected chi connectivity index (χ2v) is 5.85. The third-order valence-corrected chi connectivity index (χ3v) is 3.48. The normalized spacial score (nSPS) is 10.7. The summed E-state index contributed by atoms with van der Waals surface area (Å²) in [5.74, 6) is 0.801. The van der Waals surface area contributed by atoms with Gasteiger partial charge in [-0.15, -0.1) is 10.2 Å². The highest BCUT2D eigenvalue weighted by Crippen LogP contribution is 2.15. The fourth-order valence-electron chi connectivity index (χ4n) is 1.49. The van der Waals surface area contributed by atoms with Gasteiger partial charge in [-0.05, 0) is 12.8 Å². The molecule has 0 aliphatic rings. The van der Waals surface area contributed by atoms with Crippen LogP contribution in [0, 0.1) is 12.8 Å². The Hall–Kier alpha value is -1.61. The zero-order valence-electron chi connectivity index (χ0n) is 12.5. The van der Waals surface area contributed by atoms with Gasteiger partial charge in [-0.25, -0.2) is 4.79 Å². The first-order chi connectivity index (χ1) is 9.93. The molecule has 0 bridgehead atoms. The van der Waals surface area contributed by atoms with Crippen molar-refractivity contribution in [1.29, 1.82) is 0 Å². The number of nitrogens with zero attached hydrogens (tertiary/aromatic N) is 3. The molecule has 21 heavy (non-hydrogen) atoms. The monoisotopic (exact) mass is 314 g/mol. The summed E-state index contributed by atoms with van der Waals surface area (Å²) in [5, 5.41) is 13.4. The second kappa shape index (κ2) is 8.63. The Kier molecular flexibility index (Phi) is 7.17. The lowest BCUT2D eigenvalue weighted by molar-refractivity contribution is -0.117. The molecule has 1 aromatic rings. The van der Waals surface area contributed by atoms with Crippen molar-refractivity contribution < 1.29 is 9.59 Å². The van der Waals surface area contributed by atoms with Crippen LogP contribution >= 0.6 is 11.8 Å². The first kappa shape index (κ1) is 17.4. The summed E-state index contributed by atoms with van der Waals surface area (Å²) in [4.78, 5) is 23.1. The van der Waals surface area contributed by atoms with Gasteiger partial charge < -0.3 is 15.6 Å². The fourth-order valence-corrected chi connectivity index (χ4v) is 2.30. The van der Waals surface area contributed by atoms with E-state index in [1.54, 1.807) is 0 Å². The highest BCUT2D eigenvalue weighted by Gasteiger charge is 2.13. The van der Waals surface area contributed by atoms with E-state index in [0.717, 1.165) is 5.82 Å². The average Bonchev–Trinajstić information content (AvgIpc) is 2.76. The van der Waals surface area contributed by atoms with Gasteiger partial charge in [0.1, 0.15) is 5.82 Å². The number of nitrogens with two attached hydrogens (primary N) is 1. The van der Waals surface area contributed by atoms with Crippen LogP contribution in [0.15, 0.2) is 5.16 Å². The number of carbonyl (C=O) groups excluding carboxylic acids is 2. The molecule has 0 atom stereocenters. The van der Waals surface area contributed by atoms with Crippen molar-refractivity contribution in [1.82, 2.24) is 25.4 Å². The van der Waals surface area contributed by atoms with Crippen molar-refractivity contribution in [3.05, 3.63) is 5.82 Å². The Bertz CT molecular complexity index is 488. The van der Waals surface area contributed by atoms with Crippen molar-refractivity contribution >= 4 is 23.7 Å². The molecule has 0 saturated heterocycles. The lowest BCUT2D eigenvalue weighted by Crippen LogP contribution is -2.41. The van der Waals surface area contributed by atoms with Gasteiger partial charge in [0.05, 0.1) is 5.75 Å². The molecule has 1 heterocycles. The van der Waals surface area contributed by atoms with Crippen LogP contribution in [-0.2, 0) is 11.3 Å². The summed E-state index contributed by atoms with van der Waals surface area (Å²) in [5.41, 5.74) is 5.52. The number of aromatic nitrogens is 3. The smallest absolute Gasteiger partial charge is 0.321 e. The Balaban J connectivity index is 2.41. The molecule has 8 nitrogen and oxygen atoms in total. The van der Waals surface area contributed by atoms with E-state index in [0.29, 0.717) is 30.7 Å². The number of nitrogens with one attached hydrogen (secondary N) is 2. The second-order valence-electron chi connectivity index (χ2n) is 4.91. The largest absolute Gasteiger partial charge is 0.338 e. The van der Waals surface area contributed by atoms with Crippen LogP contribution in [0.3, 0.4) is 0 Å². The Morgan fingerprint density at radius 2 is 2.10 bits per heavy atom. The Morgan fingerprint density at radius 3 is 2.71 bits per heavy atom. The van der Waals surface area contributed by atoms with Crippen LogP contribution in [0.4, 0.5) is 4.79 Å². The first-order valence-electron chi connectivity index (χ1n) is 6.74. The third kappa shape index (κ3) is 6.13. The van der Waals surface area contributed by atoms with Crippen molar-refractivity contribution in [2.24, 2.45) is 11.7 Å².